The molecule has 6 heteroatoms. The molecular weight excluding hydrogens is 424 g/mol. The number of hydrogen-bond donors (Lipinski definition) is 2. The molecule has 4 rings (SSSR count). The summed E-state index contributed by atoms with van der Waals surface area (Å²) in [6, 6.07) is 19.9. The Labute approximate surface area is 202 Å². The third-order valence-electron chi connectivity index (χ3n) is 6.64. The van der Waals surface area contributed by atoms with Gasteiger partial charge >= 0.3 is 6.03 Å². The largest absolute Gasteiger partial charge is 0.349 e. The van der Waals surface area contributed by atoms with E-state index in [0.717, 1.165) is 35.6 Å². The molecule has 3 amide bonds. The van der Waals surface area contributed by atoms with E-state index in [-0.39, 0.29) is 18.0 Å². The summed E-state index contributed by atoms with van der Waals surface area (Å²) in [5, 5.41) is 6.12. The van der Waals surface area contributed by atoms with Gasteiger partial charge in [0.05, 0.1) is 5.56 Å². The smallest absolute Gasteiger partial charge is 0.321 e. The van der Waals surface area contributed by atoms with Crippen molar-refractivity contribution in [3.8, 4) is 5.69 Å². The van der Waals surface area contributed by atoms with Gasteiger partial charge in [0.1, 0.15) is 0 Å². The summed E-state index contributed by atoms with van der Waals surface area (Å²) in [5.74, 6) is 0.434. The van der Waals surface area contributed by atoms with Crippen molar-refractivity contribution in [2.45, 2.75) is 52.5 Å². The van der Waals surface area contributed by atoms with Crippen LogP contribution >= 0.6 is 0 Å². The fourth-order valence-corrected chi connectivity index (χ4v) is 4.61. The van der Waals surface area contributed by atoms with Crippen LogP contribution in [0.25, 0.3) is 5.69 Å². The number of carbonyl (C=O) groups is 2. The summed E-state index contributed by atoms with van der Waals surface area (Å²) in [6.45, 7) is 9.63. The lowest BCUT2D eigenvalue weighted by atomic mass is 10.0. The molecule has 1 aliphatic heterocycles. The van der Waals surface area contributed by atoms with Crippen LogP contribution in [0, 0.1) is 13.8 Å². The number of nitrogens with one attached hydrogen (secondary N) is 2. The minimum atomic E-state index is -0.0944. The number of aromatic nitrogens is 1. The number of hydrogen-bond acceptors (Lipinski definition) is 2. The van der Waals surface area contributed by atoms with Gasteiger partial charge in [-0.3, -0.25) is 4.79 Å². The topological polar surface area (TPSA) is 66.4 Å². The van der Waals surface area contributed by atoms with Crippen molar-refractivity contribution in [1.82, 2.24) is 14.8 Å². The first kappa shape index (κ1) is 23.6. The zero-order chi connectivity index (χ0) is 24.2. The van der Waals surface area contributed by atoms with Gasteiger partial charge in [0.2, 0.25) is 0 Å². The van der Waals surface area contributed by atoms with E-state index in [0.29, 0.717) is 24.6 Å². The number of anilines is 1. The fourth-order valence-electron chi connectivity index (χ4n) is 4.61. The summed E-state index contributed by atoms with van der Waals surface area (Å²) < 4.78 is 2.13. The van der Waals surface area contributed by atoms with Crippen LogP contribution < -0.4 is 10.6 Å². The van der Waals surface area contributed by atoms with Crippen molar-refractivity contribution in [1.29, 1.82) is 0 Å². The molecule has 3 aromatic rings. The van der Waals surface area contributed by atoms with Crippen LogP contribution in [0.2, 0.25) is 0 Å². The van der Waals surface area contributed by atoms with Gasteiger partial charge in [-0.25, -0.2) is 4.79 Å². The Morgan fingerprint density at radius 1 is 0.941 bits per heavy atom. The van der Waals surface area contributed by atoms with Crippen LogP contribution in [-0.4, -0.2) is 40.5 Å². The number of para-hydroxylation sites is 1. The van der Waals surface area contributed by atoms with Crippen LogP contribution in [-0.2, 0) is 0 Å². The molecule has 0 saturated carbocycles. The van der Waals surface area contributed by atoms with E-state index in [4.69, 9.17) is 0 Å². The first-order valence-corrected chi connectivity index (χ1v) is 12.0. The SMILES string of the molecule is Cc1cc(C(=O)NC2CCN(C(=O)Nc3ccccc3)CC2)c(C)n1-c1ccc(C(C)C)cc1. The second kappa shape index (κ2) is 10.2. The van der Waals surface area contributed by atoms with E-state index in [1.807, 2.05) is 55.1 Å². The second-order valence-electron chi connectivity index (χ2n) is 9.40. The maximum absolute atomic E-state index is 13.1. The molecule has 1 aromatic heterocycles. The van der Waals surface area contributed by atoms with Crippen molar-refractivity contribution in [2.24, 2.45) is 0 Å². The predicted octanol–water partition coefficient (Wildman–Crippen LogP) is 5.64. The standard InChI is InChI=1S/C28H34N4O2/c1-19(2)22-10-12-25(13-11-22)32-20(3)18-26(21(32)4)27(33)29-24-14-16-31(17-15-24)28(34)30-23-8-6-5-7-9-23/h5-13,18-19,24H,14-17H2,1-4H3,(H,29,33)(H,30,34). The Morgan fingerprint density at radius 3 is 2.21 bits per heavy atom. The molecule has 0 radical (unpaired) electrons. The third-order valence-corrected chi connectivity index (χ3v) is 6.64. The molecule has 2 N–H and O–H groups in total. The van der Waals surface area contributed by atoms with Crippen molar-refractivity contribution in [2.75, 3.05) is 18.4 Å². The molecule has 1 aliphatic rings. The number of likely N-dealkylation sites (tertiary alicyclic amines) is 1. The van der Waals surface area contributed by atoms with Crippen molar-refractivity contribution >= 4 is 17.6 Å². The number of rotatable bonds is 5. The van der Waals surface area contributed by atoms with Gasteiger partial charge in [-0.15, -0.1) is 0 Å². The zero-order valence-corrected chi connectivity index (χ0v) is 20.5. The van der Waals surface area contributed by atoms with Crippen LogP contribution in [0.3, 0.4) is 0 Å². The lowest BCUT2D eigenvalue weighted by Gasteiger charge is -2.32. The average Bonchev–Trinajstić information content (AvgIpc) is 3.14. The minimum Gasteiger partial charge on any atom is -0.349 e. The third kappa shape index (κ3) is 5.16. The summed E-state index contributed by atoms with van der Waals surface area (Å²) in [5.41, 5.74) is 5.83. The quantitative estimate of drug-likeness (QED) is 0.519. The Kier molecular flexibility index (Phi) is 7.06. The van der Waals surface area contributed by atoms with E-state index < -0.39 is 0 Å². The Morgan fingerprint density at radius 2 is 1.59 bits per heavy atom. The number of urea groups is 1. The molecule has 2 aromatic carbocycles. The Balaban J connectivity index is 1.36. The summed E-state index contributed by atoms with van der Waals surface area (Å²) in [7, 11) is 0. The van der Waals surface area contributed by atoms with Crippen LogP contribution in [0.5, 0.6) is 0 Å². The highest BCUT2D eigenvalue weighted by Crippen LogP contribution is 2.24. The highest BCUT2D eigenvalue weighted by molar-refractivity contribution is 5.96. The first-order chi connectivity index (χ1) is 16.3. The van der Waals surface area contributed by atoms with Crippen molar-refractivity contribution < 1.29 is 9.59 Å². The second-order valence-corrected chi connectivity index (χ2v) is 9.40. The summed E-state index contributed by atoms with van der Waals surface area (Å²) in [4.78, 5) is 27.4. The highest BCUT2D eigenvalue weighted by Gasteiger charge is 2.25. The number of aryl methyl sites for hydroxylation is 1. The van der Waals surface area contributed by atoms with Crippen molar-refractivity contribution in [3.05, 3.63) is 83.2 Å². The van der Waals surface area contributed by atoms with E-state index in [1.165, 1.54) is 5.56 Å². The molecule has 0 spiro atoms. The van der Waals surface area contributed by atoms with Crippen LogP contribution in [0.4, 0.5) is 10.5 Å². The minimum absolute atomic E-state index is 0.0506. The average molecular weight is 459 g/mol. The number of nitrogens with zero attached hydrogens (tertiary/aromatic N) is 2. The molecule has 34 heavy (non-hydrogen) atoms. The zero-order valence-electron chi connectivity index (χ0n) is 20.5. The predicted molar refractivity (Wildman–Crippen MR) is 137 cm³/mol. The molecule has 1 fully saturated rings. The monoisotopic (exact) mass is 458 g/mol. The van der Waals surface area contributed by atoms with E-state index in [2.05, 4.69) is 53.3 Å². The molecule has 0 aliphatic carbocycles. The van der Waals surface area contributed by atoms with E-state index in [9.17, 15) is 9.59 Å². The number of amides is 3. The van der Waals surface area contributed by atoms with Gasteiger partial charge in [-0.05, 0) is 68.5 Å². The molecular formula is C28H34N4O2. The fraction of sp³-hybridized carbons (Fsp3) is 0.357. The summed E-state index contributed by atoms with van der Waals surface area (Å²) in [6.07, 6.45) is 1.48. The van der Waals surface area contributed by atoms with Gasteiger partial charge in [-0.2, -0.15) is 0 Å². The van der Waals surface area contributed by atoms with Crippen LogP contribution in [0.15, 0.2) is 60.7 Å². The normalized spacial score (nSPS) is 14.3. The van der Waals surface area contributed by atoms with E-state index in [1.54, 1.807) is 0 Å². The molecule has 178 valence electrons. The Bertz CT molecular complexity index is 1140. The van der Waals surface area contributed by atoms with Gasteiger partial charge in [0.25, 0.3) is 5.91 Å². The van der Waals surface area contributed by atoms with E-state index >= 15 is 0 Å². The van der Waals surface area contributed by atoms with Gasteiger partial charge in [0, 0.05) is 41.9 Å². The van der Waals surface area contributed by atoms with Gasteiger partial charge < -0.3 is 20.1 Å². The maximum atomic E-state index is 13.1. The molecule has 6 nitrogen and oxygen atoms in total. The molecule has 0 atom stereocenters. The highest BCUT2D eigenvalue weighted by atomic mass is 16.2. The molecule has 2 heterocycles. The van der Waals surface area contributed by atoms with Gasteiger partial charge in [0.15, 0.2) is 0 Å². The number of benzene rings is 2. The maximum Gasteiger partial charge on any atom is 0.321 e. The Hall–Kier alpha value is -3.54. The van der Waals surface area contributed by atoms with Crippen molar-refractivity contribution in [3.63, 3.8) is 0 Å². The molecule has 0 bridgehead atoms. The number of carbonyl (C=O) groups excluding carboxylic acids is 2. The molecule has 0 unspecified atom stereocenters. The molecule has 1 saturated heterocycles. The van der Waals surface area contributed by atoms with Crippen LogP contribution in [0.1, 0.15) is 59.9 Å². The lowest BCUT2D eigenvalue weighted by Crippen LogP contribution is -2.47. The van der Waals surface area contributed by atoms with Gasteiger partial charge in [-0.1, -0.05) is 44.2 Å². The number of piperidine rings is 1. The summed E-state index contributed by atoms with van der Waals surface area (Å²) >= 11 is 0. The first-order valence-electron chi connectivity index (χ1n) is 12.0. The lowest BCUT2D eigenvalue weighted by molar-refractivity contribution is 0.0918.